The molecule has 5 aromatic rings. The van der Waals surface area contributed by atoms with Gasteiger partial charge in [0.2, 0.25) is 10.6 Å². The van der Waals surface area contributed by atoms with Crippen molar-refractivity contribution in [2.24, 2.45) is 0 Å². The predicted molar refractivity (Wildman–Crippen MR) is 157 cm³/mol. The number of nitrogens with zero attached hydrogens (tertiary/aromatic N) is 4. The SMILES string of the molecule is Clc1cc(C2[C@@H](c3ccccc3)C(c3cc(NCc4ccccc4)nc(Cl)n3)[C@@H]2c2ccccc2)nc(Cl)n1. The summed E-state index contributed by atoms with van der Waals surface area (Å²) in [5, 5.41) is 4.09. The Morgan fingerprint density at radius 2 is 1.03 bits per heavy atom. The summed E-state index contributed by atoms with van der Waals surface area (Å²) in [6.45, 7) is 0.628. The van der Waals surface area contributed by atoms with Gasteiger partial charge in [-0.15, -0.1) is 0 Å². The maximum Gasteiger partial charge on any atom is 0.224 e. The van der Waals surface area contributed by atoms with Gasteiger partial charge in [-0.1, -0.05) is 103 Å². The van der Waals surface area contributed by atoms with E-state index >= 15 is 0 Å². The lowest BCUT2D eigenvalue weighted by atomic mass is 9.50. The van der Waals surface area contributed by atoms with E-state index in [4.69, 9.17) is 39.8 Å². The molecule has 0 spiro atoms. The standard InChI is InChI=1S/C31H24Cl3N5/c32-24-16-22(36-30(33)38-24)28-26(20-12-6-2-7-13-20)29(27(28)21-14-8-3-9-15-21)23-17-25(39-31(34)37-23)35-18-19-10-4-1-5-11-19/h1-17,26-29H,18H2,(H,35,37,39)/t26-,27-,28?,29?/m1/s1. The average molecular weight is 573 g/mol. The van der Waals surface area contributed by atoms with Gasteiger partial charge >= 0.3 is 0 Å². The van der Waals surface area contributed by atoms with Gasteiger partial charge in [-0.25, -0.2) is 19.9 Å². The Hall–Kier alpha value is -3.51. The van der Waals surface area contributed by atoms with Gasteiger partial charge in [0.05, 0.1) is 11.4 Å². The lowest BCUT2D eigenvalue weighted by Crippen LogP contribution is -2.41. The summed E-state index contributed by atoms with van der Waals surface area (Å²) in [6, 6.07) is 34.9. The molecule has 0 aliphatic heterocycles. The molecule has 3 aromatic carbocycles. The van der Waals surface area contributed by atoms with Gasteiger partial charge in [-0.2, -0.15) is 0 Å². The minimum absolute atomic E-state index is 0.00471. The van der Waals surface area contributed by atoms with Crippen molar-refractivity contribution in [1.29, 1.82) is 0 Å². The van der Waals surface area contributed by atoms with E-state index in [1.54, 1.807) is 0 Å². The Kier molecular flexibility index (Phi) is 7.47. The van der Waals surface area contributed by atoms with Gasteiger partial charge in [-0.3, -0.25) is 0 Å². The molecule has 2 heterocycles. The lowest BCUT2D eigenvalue weighted by molar-refractivity contribution is 0.220. The van der Waals surface area contributed by atoms with Crippen molar-refractivity contribution < 1.29 is 0 Å². The molecule has 1 aliphatic carbocycles. The molecule has 0 radical (unpaired) electrons. The highest BCUT2D eigenvalue weighted by Gasteiger charge is 2.54. The number of rotatable bonds is 7. The molecule has 2 aromatic heterocycles. The molecule has 0 saturated heterocycles. The van der Waals surface area contributed by atoms with Crippen LogP contribution < -0.4 is 5.32 Å². The Morgan fingerprint density at radius 3 is 1.56 bits per heavy atom. The van der Waals surface area contributed by atoms with E-state index in [1.807, 2.05) is 42.5 Å². The fourth-order valence-corrected chi connectivity index (χ4v) is 6.34. The Balaban J connectivity index is 1.45. The van der Waals surface area contributed by atoms with Crippen LogP contribution in [0.4, 0.5) is 5.82 Å². The zero-order valence-corrected chi connectivity index (χ0v) is 23.0. The number of aromatic nitrogens is 4. The molecule has 1 fully saturated rings. The Labute approximate surface area is 242 Å². The summed E-state index contributed by atoms with van der Waals surface area (Å²) >= 11 is 19.2. The first kappa shape index (κ1) is 25.8. The fraction of sp³-hybridized carbons (Fsp3) is 0.161. The van der Waals surface area contributed by atoms with Crippen LogP contribution in [-0.4, -0.2) is 19.9 Å². The Morgan fingerprint density at radius 1 is 0.538 bits per heavy atom. The van der Waals surface area contributed by atoms with Crippen LogP contribution in [0.1, 0.15) is 51.7 Å². The van der Waals surface area contributed by atoms with Gasteiger partial charge in [0.1, 0.15) is 11.0 Å². The van der Waals surface area contributed by atoms with Crippen LogP contribution in [0.3, 0.4) is 0 Å². The molecule has 1 N–H and O–H groups in total. The average Bonchev–Trinajstić information content (AvgIpc) is 2.92. The number of hydrogen-bond acceptors (Lipinski definition) is 5. The maximum absolute atomic E-state index is 6.52. The van der Waals surface area contributed by atoms with Crippen molar-refractivity contribution in [2.45, 2.75) is 30.2 Å². The highest BCUT2D eigenvalue weighted by Crippen LogP contribution is 2.66. The third-order valence-corrected chi connectivity index (χ3v) is 7.85. The molecule has 194 valence electrons. The molecule has 8 heteroatoms. The summed E-state index contributed by atoms with van der Waals surface area (Å²) in [6.07, 6.45) is 0. The van der Waals surface area contributed by atoms with E-state index in [1.165, 1.54) is 11.1 Å². The van der Waals surface area contributed by atoms with E-state index < -0.39 is 0 Å². The van der Waals surface area contributed by atoms with Gasteiger partial charge in [0.25, 0.3) is 0 Å². The van der Waals surface area contributed by atoms with Gasteiger partial charge < -0.3 is 5.32 Å². The number of benzene rings is 3. The molecule has 1 aliphatic rings. The summed E-state index contributed by atoms with van der Waals surface area (Å²) < 4.78 is 0. The zero-order chi connectivity index (χ0) is 26.8. The van der Waals surface area contributed by atoms with Crippen molar-refractivity contribution in [2.75, 3.05) is 5.32 Å². The van der Waals surface area contributed by atoms with Gasteiger partial charge in [-0.05, 0) is 46.0 Å². The van der Waals surface area contributed by atoms with Crippen LogP contribution >= 0.6 is 34.8 Å². The third kappa shape index (κ3) is 5.48. The molecule has 39 heavy (non-hydrogen) atoms. The van der Waals surface area contributed by atoms with E-state index in [2.05, 4.69) is 80.9 Å². The molecule has 1 saturated carbocycles. The largest absolute Gasteiger partial charge is 0.366 e. The van der Waals surface area contributed by atoms with Crippen LogP contribution in [0.15, 0.2) is 103 Å². The minimum atomic E-state index is -0.00716. The second kappa shape index (κ2) is 11.3. The third-order valence-electron chi connectivity index (χ3n) is 7.32. The fourth-order valence-electron chi connectivity index (χ4n) is 5.73. The number of nitrogens with one attached hydrogen (secondary N) is 1. The molecule has 5 nitrogen and oxygen atoms in total. The van der Waals surface area contributed by atoms with Gasteiger partial charge in [0, 0.05) is 36.3 Å². The summed E-state index contributed by atoms with van der Waals surface area (Å²) in [5.41, 5.74) is 5.19. The van der Waals surface area contributed by atoms with Crippen LogP contribution in [0.5, 0.6) is 0 Å². The van der Waals surface area contributed by atoms with Crippen molar-refractivity contribution in [3.05, 3.63) is 147 Å². The van der Waals surface area contributed by atoms with Crippen LogP contribution in [0.25, 0.3) is 0 Å². The number of anilines is 1. The summed E-state index contributed by atoms with van der Waals surface area (Å²) in [7, 11) is 0. The van der Waals surface area contributed by atoms with E-state index in [0.717, 1.165) is 17.0 Å². The topological polar surface area (TPSA) is 63.6 Å². The number of halogens is 3. The van der Waals surface area contributed by atoms with Crippen molar-refractivity contribution in [1.82, 2.24) is 19.9 Å². The quantitative estimate of drug-likeness (QED) is 0.157. The van der Waals surface area contributed by atoms with Crippen LogP contribution in [0.2, 0.25) is 15.7 Å². The zero-order valence-electron chi connectivity index (χ0n) is 20.8. The predicted octanol–water partition coefficient (Wildman–Crippen LogP) is 8.29. The number of hydrogen-bond donors (Lipinski definition) is 1. The normalized spacial score (nSPS) is 20.3. The highest BCUT2D eigenvalue weighted by atomic mass is 35.5. The monoisotopic (exact) mass is 571 g/mol. The lowest BCUT2D eigenvalue weighted by Gasteiger charge is -2.52. The molecular formula is C31H24Cl3N5. The molecule has 6 rings (SSSR count). The minimum Gasteiger partial charge on any atom is -0.366 e. The molecule has 0 bridgehead atoms. The highest BCUT2D eigenvalue weighted by molar-refractivity contribution is 6.31. The second-order valence-electron chi connectivity index (χ2n) is 9.60. The molecular weight excluding hydrogens is 549 g/mol. The first-order chi connectivity index (χ1) is 19.1. The van der Waals surface area contributed by atoms with Crippen LogP contribution in [-0.2, 0) is 6.54 Å². The van der Waals surface area contributed by atoms with E-state index in [-0.39, 0.29) is 34.2 Å². The second-order valence-corrected chi connectivity index (χ2v) is 10.7. The first-order valence-corrected chi connectivity index (χ1v) is 13.8. The summed E-state index contributed by atoms with van der Waals surface area (Å²) in [5.74, 6) is 0.777. The van der Waals surface area contributed by atoms with E-state index in [0.29, 0.717) is 17.5 Å². The van der Waals surface area contributed by atoms with Crippen molar-refractivity contribution >= 4 is 40.6 Å². The van der Waals surface area contributed by atoms with E-state index in [9.17, 15) is 0 Å². The molecule has 0 unspecified atom stereocenters. The smallest absolute Gasteiger partial charge is 0.224 e. The summed E-state index contributed by atoms with van der Waals surface area (Å²) in [4.78, 5) is 18.0. The van der Waals surface area contributed by atoms with Crippen LogP contribution in [0, 0.1) is 0 Å². The van der Waals surface area contributed by atoms with Crippen molar-refractivity contribution in [3.63, 3.8) is 0 Å². The van der Waals surface area contributed by atoms with Crippen molar-refractivity contribution in [3.8, 4) is 0 Å². The maximum atomic E-state index is 6.52. The molecule has 0 amide bonds. The Bertz CT molecular complexity index is 1500. The molecule has 2 atom stereocenters. The van der Waals surface area contributed by atoms with Gasteiger partial charge in [0.15, 0.2) is 0 Å². The first-order valence-electron chi connectivity index (χ1n) is 12.7.